The summed E-state index contributed by atoms with van der Waals surface area (Å²) < 4.78 is 27.2. The molecule has 0 fully saturated rings. The second-order valence-electron chi connectivity index (χ2n) is 3.68. The Kier molecular flexibility index (Phi) is 4.52. The first-order valence-electron chi connectivity index (χ1n) is 5.11. The number of phenolic OH excluding ortho intramolecular Hbond substituents is 1. The molecule has 0 aliphatic carbocycles. The van der Waals surface area contributed by atoms with E-state index < -0.39 is 10.0 Å². The van der Waals surface area contributed by atoms with Crippen molar-refractivity contribution in [2.45, 2.75) is 10.8 Å². The topological polar surface area (TPSA) is 66.4 Å². The molecular formula is C11H9BrClNO3S2. The highest BCUT2D eigenvalue weighted by molar-refractivity contribution is 9.11. The molecule has 19 heavy (non-hydrogen) atoms. The zero-order chi connectivity index (χ0) is 14.0. The second kappa shape index (κ2) is 5.80. The van der Waals surface area contributed by atoms with Gasteiger partial charge in [-0.3, -0.25) is 0 Å². The van der Waals surface area contributed by atoms with Gasteiger partial charge in [-0.2, -0.15) is 0 Å². The number of thiophene rings is 1. The van der Waals surface area contributed by atoms with Gasteiger partial charge in [0.25, 0.3) is 0 Å². The van der Waals surface area contributed by atoms with E-state index in [4.69, 9.17) is 11.6 Å². The molecule has 0 atom stereocenters. The number of benzene rings is 1. The van der Waals surface area contributed by atoms with Crippen molar-refractivity contribution >= 4 is 48.9 Å². The van der Waals surface area contributed by atoms with Crippen LogP contribution >= 0.6 is 38.9 Å². The smallest absolute Gasteiger partial charge is 0.250 e. The van der Waals surface area contributed by atoms with Crippen LogP contribution in [0.2, 0.25) is 5.02 Å². The Balaban J connectivity index is 2.14. The third kappa shape index (κ3) is 3.70. The summed E-state index contributed by atoms with van der Waals surface area (Å²) in [5.41, 5.74) is 0.672. The van der Waals surface area contributed by atoms with Crippen LogP contribution in [0.25, 0.3) is 0 Å². The van der Waals surface area contributed by atoms with E-state index in [0.29, 0.717) is 14.4 Å². The van der Waals surface area contributed by atoms with Crippen molar-refractivity contribution in [3.8, 4) is 5.75 Å². The summed E-state index contributed by atoms with van der Waals surface area (Å²) in [5, 5.41) is 9.66. The minimum atomic E-state index is -3.60. The van der Waals surface area contributed by atoms with E-state index in [9.17, 15) is 13.5 Å². The van der Waals surface area contributed by atoms with Gasteiger partial charge >= 0.3 is 0 Å². The van der Waals surface area contributed by atoms with E-state index in [1.807, 2.05) is 0 Å². The Morgan fingerprint density at radius 2 is 2.11 bits per heavy atom. The molecule has 2 rings (SSSR count). The molecule has 1 aromatic heterocycles. The predicted octanol–water partition coefficient (Wildman–Crippen LogP) is 3.35. The molecule has 0 radical (unpaired) electrons. The Hall–Kier alpha value is -0.600. The zero-order valence-corrected chi connectivity index (χ0v) is 13.4. The summed E-state index contributed by atoms with van der Waals surface area (Å²) in [6, 6.07) is 7.78. The summed E-state index contributed by atoms with van der Waals surface area (Å²) in [4.78, 5) is 0. The van der Waals surface area contributed by atoms with Crippen LogP contribution in [0.4, 0.5) is 0 Å². The highest BCUT2D eigenvalue weighted by atomic mass is 79.9. The first kappa shape index (κ1) is 14.8. The molecule has 0 spiro atoms. The fourth-order valence-electron chi connectivity index (χ4n) is 1.38. The summed E-state index contributed by atoms with van der Waals surface area (Å²) in [6.45, 7) is 0.101. The molecule has 0 saturated carbocycles. The van der Waals surface area contributed by atoms with E-state index in [1.54, 1.807) is 12.1 Å². The van der Waals surface area contributed by atoms with E-state index in [-0.39, 0.29) is 16.5 Å². The second-order valence-corrected chi connectivity index (χ2v) is 8.45. The van der Waals surface area contributed by atoms with Crippen molar-refractivity contribution < 1.29 is 13.5 Å². The van der Waals surface area contributed by atoms with Crippen LogP contribution in [0.5, 0.6) is 5.75 Å². The van der Waals surface area contributed by atoms with Gasteiger partial charge in [0, 0.05) is 6.54 Å². The normalized spacial score (nSPS) is 11.7. The van der Waals surface area contributed by atoms with Crippen molar-refractivity contribution in [3.63, 3.8) is 0 Å². The molecule has 4 nitrogen and oxygen atoms in total. The van der Waals surface area contributed by atoms with Crippen LogP contribution in [-0.2, 0) is 16.6 Å². The van der Waals surface area contributed by atoms with Gasteiger partial charge in [-0.1, -0.05) is 23.7 Å². The van der Waals surface area contributed by atoms with E-state index >= 15 is 0 Å². The maximum Gasteiger partial charge on any atom is 0.250 e. The average molecular weight is 383 g/mol. The number of phenols is 1. The van der Waals surface area contributed by atoms with Gasteiger partial charge in [-0.15, -0.1) is 11.3 Å². The van der Waals surface area contributed by atoms with Gasteiger partial charge in [0.1, 0.15) is 9.96 Å². The van der Waals surface area contributed by atoms with Crippen LogP contribution in [-0.4, -0.2) is 13.5 Å². The minimum Gasteiger partial charge on any atom is -0.508 e. The first-order chi connectivity index (χ1) is 8.88. The van der Waals surface area contributed by atoms with Gasteiger partial charge < -0.3 is 5.11 Å². The van der Waals surface area contributed by atoms with E-state index in [1.165, 1.54) is 18.2 Å². The van der Waals surface area contributed by atoms with E-state index in [0.717, 1.165) is 11.3 Å². The molecule has 1 aromatic carbocycles. The number of nitrogens with one attached hydrogen (secondary N) is 1. The number of sulfonamides is 1. The summed E-state index contributed by atoms with van der Waals surface area (Å²) in [6.07, 6.45) is 0. The van der Waals surface area contributed by atoms with Crippen LogP contribution in [0, 0.1) is 0 Å². The maximum absolute atomic E-state index is 12.0. The molecule has 0 unspecified atom stereocenters. The molecule has 0 bridgehead atoms. The van der Waals surface area contributed by atoms with Gasteiger partial charge in [0.05, 0.1) is 8.81 Å². The van der Waals surface area contributed by atoms with Crippen molar-refractivity contribution in [1.82, 2.24) is 4.72 Å². The number of aromatic hydroxyl groups is 1. The Bertz CT molecular complexity index is 680. The van der Waals surface area contributed by atoms with E-state index in [2.05, 4.69) is 20.7 Å². The van der Waals surface area contributed by atoms with Crippen molar-refractivity contribution in [3.05, 3.63) is 44.7 Å². The summed E-state index contributed by atoms with van der Waals surface area (Å²) in [7, 11) is -3.60. The predicted molar refractivity (Wildman–Crippen MR) is 79.2 cm³/mol. The summed E-state index contributed by atoms with van der Waals surface area (Å²) in [5.74, 6) is 0.0959. The number of halogens is 2. The highest BCUT2D eigenvalue weighted by Crippen LogP contribution is 2.34. The fourth-order valence-corrected chi connectivity index (χ4v) is 4.84. The van der Waals surface area contributed by atoms with Crippen LogP contribution < -0.4 is 4.72 Å². The Morgan fingerprint density at radius 1 is 1.37 bits per heavy atom. The lowest BCUT2D eigenvalue weighted by Gasteiger charge is -2.05. The van der Waals surface area contributed by atoms with Gasteiger partial charge in [0.15, 0.2) is 0 Å². The fraction of sp³-hybridized carbons (Fsp3) is 0.0909. The largest absolute Gasteiger partial charge is 0.508 e. The van der Waals surface area contributed by atoms with Crippen molar-refractivity contribution in [1.29, 1.82) is 0 Å². The number of hydrogen-bond acceptors (Lipinski definition) is 4. The molecule has 8 heteroatoms. The molecular weight excluding hydrogens is 374 g/mol. The summed E-state index contributed by atoms with van der Waals surface area (Å²) >= 11 is 10.0. The minimum absolute atomic E-state index is 0.0959. The quantitative estimate of drug-likeness (QED) is 0.852. The first-order valence-corrected chi connectivity index (χ1v) is 8.58. The highest BCUT2D eigenvalue weighted by Gasteiger charge is 2.18. The molecule has 0 amide bonds. The Labute approximate surface area is 128 Å². The lowest BCUT2D eigenvalue weighted by molar-refractivity contribution is 0.474. The zero-order valence-electron chi connectivity index (χ0n) is 9.43. The molecule has 0 aliphatic rings. The molecule has 102 valence electrons. The third-order valence-electron chi connectivity index (χ3n) is 2.26. The SMILES string of the molecule is O=S(=O)(NCc1cccc(O)c1)c1cc(Cl)c(Br)s1. The monoisotopic (exact) mass is 381 g/mol. The van der Waals surface area contributed by atoms with Crippen molar-refractivity contribution in [2.75, 3.05) is 0 Å². The standard InChI is InChI=1S/C11H9BrClNO3S2/c12-11-9(13)5-10(18-11)19(16,17)14-6-7-2-1-3-8(15)4-7/h1-5,14-15H,6H2. The molecule has 0 aliphatic heterocycles. The van der Waals surface area contributed by atoms with Gasteiger partial charge in [-0.25, -0.2) is 13.1 Å². The van der Waals surface area contributed by atoms with Crippen LogP contribution in [0.3, 0.4) is 0 Å². The van der Waals surface area contributed by atoms with Crippen LogP contribution in [0.1, 0.15) is 5.56 Å². The molecule has 2 N–H and O–H groups in total. The lowest BCUT2D eigenvalue weighted by Crippen LogP contribution is -2.22. The number of hydrogen-bond donors (Lipinski definition) is 2. The third-order valence-corrected chi connectivity index (χ3v) is 6.61. The Morgan fingerprint density at radius 3 is 2.68 bits per heavy atom. The van der Waals surface area contributed by atoms with Crippen LogP contribution in [0.15, 0.2) is 38.3 Å². The molecule has 1 heterocycles. The van der Waals surface area contributed by atoms with Gasteiger partial charge in [-0.05, 0) is 39.7 Å². The molecule has 2 aromatic rings. The number of rotatable bonds is 4. The lowest BCUT2D eigenvalue weighted by atomic mass is 10.2. The van der Waals surface area contributed by atoms with Gasteiger partial charge in [0.2, 0.25) is 10.0 Å². The average Bonchev–Trinajstić information content (AvgIpc) is 2.68. The van der Waals surface area contributed by atoms with Crippen molar-refractivity contribution in [2.24, 2.45) is 0 Å². The molecule has 0 saturated heterocycles. The maximum atomic E-state index is 12.0.